The fourth-order valence-electron chi connectivity index (χ4n) is 1.81. The predicted molar refractivity (Wildman–Crippen MR) is 65.0 cm³/mol. The van der Waals surface area contributed by atoms with Crippen molar-refractivity contribution in [3.05, 3.63) is 18.0 Å². The lowest BCUT2D eigenvalue weighted by Gasteiger charge is -2.34. The second kappa shape index (κ2) is 5.61. The van der Waals surface area contributed by atoms with Gasteiger partial charge in [0.15, 0.2) is 0 Å². The number of carboxylic acids is 1. The first-order valence-corrected chi connectivity index (χ1v) is 5.75. The maximum atomic E-state index is 11.7. The molecule has 8 nitrogen and oxygen atoms in total. The Hall–Kier alpha value is -2.22. The van der Waals surface area contributed by atoms with E-state index in [2.05, 4.69) is 15.3 Å². The van der Waals surface area contributed by atoms with Gasteiger partial charge in [0.25, 0.3) is 0 Å². The highest BCUT2D eigenvalue weighted by Gasteiger charge is 2.30. The molecule has 1 atom stereocenters. The smallest absolute Gasteiger partial charge is 0.338 e. The van der Waals surface area contributed by atoms with E-state index in [-0.39, 0.29) is 18.1 Å². The molecule has 19 heavy (non-hydrogen) atoms. The third-order valence-corrected chi connectivity index (χ3v) is 2.82. The van der Waals surface area contributed by atoms with Gasteiger partial charge in [-0.25, -0.2) is 14.8 Å². The van der Waals surface area contributed by atoms with E-state index in [0.717, 1.165) is 0 Å². The molecule has 102 valence electrons. The van der Waals surface area contributed by atoms with Crippen LogP contribution >= 0.6 is 0 Å². The summed E-state index contributed by atoms with van der Waals surface area (Å²) >= 11 is 0. The van der Waals surface area contributed by atoms with Crippen molar-refractivity contribution in [3.63, 3.8) is 0 Å². The summed E-state index contributed by atoms with van der Waals surface area (Å²) in [6.45, 7) is 1.20. The number of carbonyl (C=O) groups is 2. The first kappa shape index (κ1) is 13.2. The van der Waals surface area contributed by atoms with Crippen LogP contribution in [0, 0.1) is 0 Å². The van der Waals surface area contributed by atoms with E-state index in [9.17, 15) is 9.59 Å². The number of aromatic carboxylic acids is 1. The molecular weight excluding hydrogens is 252 g/mol. The molecular formula is C11H14N4O4. The molecule has 2 heterocycles. The lowest BCUT2D eigenvalue weighted by molar-refractivity contribution is -0.124. The van der Waals surface area contributed by atoms with Crippen molar-refractivity contribution in [2.75, 3.05) is 31.7 Å². The molecule has 0 spiro atoms. The number of carboxylic acid groups (broad SMARTS) is 1. The summed E-state index contributed by atoms with van der Waals surface area (Å²) in [7, 11) is 1.55. The Bertz CT molecular complexity index is 476. The second-order valence-corrected chi connectivity index (χ2v) is 3.98. The van der Waals surface area contributed by atoms with Crippen molar-refractivity contribution in [2.24, 2.45) is 0 Å². The molecule has 1 aliphatic heterocycles. The van der Waals surface area contributed by atoms with Crippen LogP contribution in [-0.2, 0) is 9.53 Å². The molecule has 1 unspecified atom stereocenters. The Kier molecular flexibility index (Phi) is 3.91. The van der Waals surface area contributed by atoms with Gasteiger partial charge in [0.2, 0.25) is 11.9 Å². The molecule has 1 amide bonds. The predicted octanol–water partition coefficient (Wildman–Crippen LogP) is -0.874. The zero-order valence-corrected chi connectivity index (χ0v) is 10.4. The number of hydrogen-bond acceptors (Lipinski definition) is 6. The van der Waals surface area contributed by atoms with Gasteiger partial charge >= 0.3 is 5.97 Å². The van der Waals surface area contributed by atoms with Crippen LogP contribution < -0.4 is 10.2 Å². The maximum absolute atomic E-state index is 11.7. The van der Waals surface area contributed by atoms with E-state index in [0.29, 0.717) is 19.1 Å². The topological polar surface area (TPSA) is 105 Å². The van der Waals surface area contributed by atoms with Crippen LogP contribution in [-0.4, -0.2) is 59.8 Å². The third kappa shape index (κ3) is 2.79. The Morgan fingerprint density at radius 1 is 1.47 bits per heavy atom. The van der Waals surface area contributed by atoms with Crippen LogP contribution in [0.25, 0.3) is 0 Å². The largest absolute Gasteiger partial charge is 0.478 e. The molecule has 2 N–H and O–H groups in total. The standard InChI is InChI=1S/C11H14N4O4/c1-12-9(16)8-6-19-3-2-15(8)11-13-4-7(5-14-11)10(17)18/h4-5,8H,2-3,6H2,1H3,(H,12,16)(H,17,18). The summed E-state index contributed by atoms with van der Waals surface area (Å²) in [5.41, 5.74) is 0.00787. The van der Waals surface area contributed by atoms with E-state index in [1.807, 2.05) is 0 Å². The summed E-state index contributed by atoms with van der Waals surface area (Å²) in [5, 5.41) is 11.3. The zero-order valence-electron chi connectivity index (χ0n) is 10.4. The minimum absolute atomic E-state index is 0.00787. The summed E-state index contributed by atoms with van der Waals surface area (Å²) < 4.78 is 5.27. The fourth-order valence-corrected chi connectivity index (χ4v) is 1.81. The lowest BCUT2D eigenvalue weighted by Crippen LogP contribution is -2.54. The van der Waals surface area contributed by atoms with Gasteiger partial charge in [0.1, 0.15) is 6.04 Å². The summed E-state index contributed by atoms with van der Waals surface area (Å²) in [6, 6.07) is -0.505. The highest BCUT2D eigenvalue weighted by Crippen LogP contribution is 2.15. The average Bonchev–Trinajstić information content (AvgIpc) is 2.46. The quantitative estimate of drug-likeness (QED) is 0.732. The van der Waals surface area contributed by atoms with E-state index in [1.54, 1.807) is 11.9 Å². The molecule has 8 heteroatoms. The molecule has 1 fully saturated rings. The van der Waals surface area contributed by atoms with Crippen molar-refractivity contribution < 1.29 is 19.4 Å². The van der Waals surface area contributed by atoms with Gasteiger partial charge in [-0.2, -0.15) is 0 Å². The van der Waals surface area contributed by atoms with Gasteiger partial charge < -0.3 is 20.1 Å². The van der Waals surface area contributed by atoms with E-state index < -0.39 is 12.0 Å². The van der Waals surface area contributed by atoms with Gasteiger partial charge in [-0.1, -0.05) is 0 Å². The number of likely N-dealkylation sites (N-methyl/N-ethyl adjacent to an activating group) is 1. The lowest BCUT2D eigenvalue weighted by atomic mass is 10.2. The van der Waals surface area contributed by atoms with E-state index in [4.69, 9.17) is 9.84 Å². The maximum Gasteiger partial charge on any atom is 0.338 e. The van der Waals surface area contributed by atoms with Gasteiger partial charge in [0, 0.05) is 26.0 Å². The number of nitrogens with one attached hydrogen (secondary N) is 1. The second-order valence-electron chi connectivity index (χ2n) is 3.98. The van der Waals surface area contributed by atoms with Crippen LogP contribution in [0.4, 0.5) is 5.95 Å². The number of morpholine rings is 1. The molecule has 1 aromatic heterocycles. The van der Waals surface area contributed by atoms with Crippen molar-refractivity contribution in [3.8, 4) is 0 Å². The Labute approximate surface area is 109 Å². The number of nitrogens with zero attached hydrogens (tertiary/aromatic N) is 3. The first-order valence-electron chi connectivity index (χ1n) is 5.75. The first-order chi connectivity index (χ1) is 9.13. The van der Waals surface area contributed by atoms with E-state index >= 15 is 0 Å². The average molecular weight is 266 g/mol. The van der Waals surface area contributed by atoms with Crippen LogP contribution in [0.3, 0.4) is 0 Å². The normalized spacial score (nSPS) is 19.0. The van der Waals surface area contributed by atoms with Gasteiger partial charge in [-0.05, 0) is 0 Å². The van der Waals surface area contributed by atoms with Crippen molar-refractivity contribution in [1.29, 1.82) is 0 Å². The Balaban J connectivity index is 2.22. The summed E-state index contributed by atoms with van der Waals surface area (Å²) in [5.74, 6) is -0.955. The Morgan fingerprint density at radius 3 is 2.74 bits per heavy atom. The molecule has 1 aromatic rings. The van der Waals surface area contributed by atoms with E-state index in [1.165, 1.54) is 12.4 Å². The SMILES string of the molecule is CNC(=O)C1COCCN1c1ncc(C(=O)O)cn1. The monoisotopic (exact) mass is 266 g/mol. The summed E-state index contributed by atoms with van der Waals surface area (Å²) in [6.07, 6.45) is 2.45. The third-order valence-electron chi connectivity index (χ3n) is 2.82. The number of ether oxygens (including phenoxy) is 1. The van der Waals surface area contributed by atoms with Crippen molar-refractivity contribution in [1.82, 2.24) is 15.3 Å². The fraction of sp³-hybridized carbons (Fsp3) is 0.455. The van der Waals surface area contributed by atoms with Crippen LogP contribution in [0.15, 0.2) is 12.4 Å². The molecule has 1 saturated heterocycles. The molecule has 2 rings (SSSR count). The number of anilines is 1. The zero-order chi connectivity index (χ0) is 13.8. The molecule has 0 aliphatic carbocycles. The minimum atomic E-state index is -1.09. The van der Waals surface area contributed by atoms with Gasteiger partial charge in [0.05, 0.1) is 18.8 Å². The number of aromatic nitrogens is 2. The molecule has 0 radical (unpaired) electrons. The highest BCUT2D eigenvalue weighted by atomic mass is 16.5. The number of amides is 1. The number of hydrogen-bond donors (Lipinski definition) is 2. The summed E-state index contributed by atoms with van der Waals surface area (Å²) in [4.78, 5) is 32.2. The Morgan fingerprint density at radius 2 is 2.16 bits per heavy atom. The van der Waals surface area contributed by atoms with Gasteiger partial charge in [-0.15, -0.1) is 0 Å². The van der Waals surface area contributed by atoms with Crippen molar-refractivity contribution in [2.45, 2.75) is 6.04 Å². The number of rotatable bonds is 3. The molecule has 0 bridgehead atoms. The van der Waals surface area contributed by atoms with Crippen LogP contribution in [0.2, 0.25) is 0 Å². The molecule has 0 saturated carbocycles. The number of carbonyl (C=O) groups excluding carboxylic acids is 1. The van der Waals surface area contributed by atoms with Crippen molar-refractivity contribution >= 4 is 17.8 Å². The molecule has 0 aromatic carbocycles. The van der Waals surface area contributed by atoms with Crippen LogP contribution in [0.5, 0.6) is 0 Å². The van der Waals surface area contributed by atoms with Crippen LogP contribution in [0.1, 0.15) is 10.4 Å². The highest BCUT2D eigenvalue weighted by molar-refractivity contribution is 5.87. The molecule has 1 aliphatic rings. The van der Waals surface area contributed by atoms with Gasteiger partial charge in [-0.3, -0.25) is 4.79 Å². The minimum Gasteiger partial charge on any atom is -0.478 e.